The Morgan fingerprint density at radius 2 is 1.71 bits per heavy atom. The second kappa shape index (κ2) is 11.0. The smallest absolute Gasteiger partial charge is 0.344 e. The van der Waals surface area contributed by atoms with E-state index >= 15 is 0 Å². The number of nitrogens with one attached hydrogen (secondary N) is 2. The van der Waals surface area contributed by atoms with Crippen molar-refractivity contribution >= 4 is 34.8 Å². The monoisotopic (exact) mass is 507 g/mol. The van der Waals surface area contributed by atoms with Gasteiger partial charge in [0, 0.05) is 12.5 Å². The number of benzene rings is 4. The Bertz CT molecular complexity index is 1530. The molecule has 8 heteroatoms. The molecule has 1 saturated heterocycles. The lowest BCUT2D eigenvalue weighted by molar-refractivity contribution is -0.133. The van der Waals surface area contributed by atoms with Crippen LogP contribution < -0.4 is 20.2 Å². The first-order valence-corrected chi connectivity index (χ1v) is 12.1. The summed E-state index contributed by atoms with van der Waals surface area (Å²) < 4.78 is 11.1. The van der Waals surface area contributed by atoms with Gasteiger partial charge in [-0.25, -0.2) is 10.2 Å². The maximum atomic E-state index is 12.9. The molecule has 0 radical (unpaired) electrons. The van der Waals surface area contributed by atoms with Crippen LogP contribution in [0.3, 0.4) is 0 Å². The van der Waals surface area contributed by atoms with Crippen LogP contribution in [0, 0.1) is 5.92 Å². The number of hydrogen-bond acceptors (Lipinski definition) is 6. The van der Waals surface area contributed by atoms with Crippen LogP contribution in [-0.4, -0.2) is 37.7 Å². The second-order valence-corrected chi connectivity index (χ2v) is 8.80. The maximum Gasteiger partial charge on any atom is 0.344 e. The number of amides is 2. The third-order valence-electron chi connectivity index (χ3n) is 6.48. The van der Waals surface area contributed by atoms with Crippen LogP contribution in [0.15, 0.2) is 96.1 Å². The summed E-state index contributed by atoms with van der Waals surface area (Å²) >= 11 is 0. The van der Waals surface area contributed by atoms with Crippen LogP contribution in [0.1, 0.15) is 27.4 Å². The van der Waals surface area contributed by atoms with E-state index in [1.54, 1.807) is 30.3 Å². The molecule has 0 spiro atoms. The minimum atomic E-state index is -0.875. The van der Waals surface area contributed by atoms with E-state index in [0.29, 0.717) is 23.4 Å². The van der Waals surface area contributed by atoms with Gasteiger partial charge in [0.25, 0.3) is 5.91 Å². The van der Waals surface area contributed by atoms with Gasteiger partial charge in [0.1, 0.15) is 5.92 Å². The highest BCUT2D eigenvalue weighted by molar-refractivity contribution is 6.05. The standard InChI is InChI=1S/C30H25N3O5/c1-37-26-16-19(14-15-25(26)38-30(36)23-13-7-11-20-10-5-6-12-22(20)23)17-32-33-29(35)27-24(18-31-28(27)34)21-8-3-2-4-9-21/h2-17,24,27H,18H2,1H3,(H,31,34)(H,33,35)/t24-,27-/m1/s1. The van der Waals surface area contributed by atoms with Gasteiger partial charge in [0.2, 0.25) is 5.91 Å². The zero-order chi connectivity index (χ0) is 26.5. The van der Waals surface area contributed by atoms with Crippen molar-refractivity contribution in [3.8, 4) is 11.5 Å². The lowest BCUT2D eigenvalue weighted by atomic mass is 9.88. The average Bonchev–Trinajstić information content (AvgIpc) is 3.35. The Morgan fingerprint density at radius 1 is 0.947 bits per heavy atom. The molecule has 2 amide bonds. The van der Waals surface area contributed by atoms with Gasteiger partial charge in [-0.05, 0) is 46.2 Å². The van der Waals surface area contributed by atoms with Gasteiger partial charge in [-0.1, -0.05) is 66.7 Å². The molecule has 1 aliphatic heterocycles. The maximum absolute atomic E-state index is 12.9. The summed E-state index contributed by atoms with van der Waals surface area (Å²) in [7, 11) is 1.47. The summed E-state index contributed by atoms with van der Waals surface area (Å²) in [5.74, 6) is -1.89. The number of carbonyl (C=O) groups is 3. The highest BCUT2D eigenvalue weighted by atomic mass is 16.6. The summed E-state index contributed by atoms with van der Waals surface area (Å²) in [6.07, 6.45) is 1.43. The third kappa shape index (κ3) is 5.10. The molecule has 190 valence electrons. The van der Waals surface area contributed by atoms with Crippen LogP contribution >= 0.6 is 0 Å². The van der Waals surface area contributed by atoms with Gasteiger partial charge in [0.15, 0.2) is 11.5 Å². The van der Waals surface area contributed by atoms with Crippen molar-refractivity contribution < 1.29 is 23.9 Å². The number of carbonyl (C=O) groups excluding carboxylic acids is 3. The predicted octanol–water partition coefficient (Wildman–Crippen LogP) is 4.05. The lowest BCUT2D eigenvalue weighted by Crippen LogP contribution is -2.34. The van der Waals surface area contributed by atoms with Crippen molar-refractivity contribution in [3.05, 3.63) is 108 Å². The lowest BCUT2D eigenvalue weighted by Gasteiger charge is -2.15. The number of fused-ring (bicyclic) bond motifs is 1. The fourth-order valence-electron chi connectivity index (χ4n) is 4.58. The van der Waals surface area contributed by atoms with E-state index < -0.39 is 17.8 Å². The Kier molecular flexibility index (Phi) is 7.13. The summed E-state index contributed by atoms with van der Waals surface area (Å²) in [5, 5.41) is 8.52. The van der Waals surface area contributed by atoms with Crippen molar-refractivity contribution in [1.82, 2.24) is 10.7 Å². The van der Waals surface area contributed by atoms with E-state index in [4.69, 9.17) is 9.47 Å². The highest BCUT2D eigenvalue weighted by Crippen LogP contribution is 2.30. The number of nitrogens with zero attached hydrogens (tertiary/aromatic N) is 1. The summed E-state index contributed by atoms with van der Waals surface area (Å²) in [6, 6.07) is 27.4. The van der Waals surface area contributed by atoms with E-state index in [1.807, 2.05) is 60.7 Å². The summed E-state index contributed by atoms with van der Waals surface area (Å²) in [6.45, 7) is 0.390. The van der Waals surface area contributed by atoms with Crippen molar-refractivity contribution in [2.24, 2.45) is 11.0 Å². The first-order chi connectivity index (χ1) is 18.5. The number of hydrogen-bond donors (Lipinski definition) is 2. The van der Waals surface area contributed by atoms with E-state index in [1.165, 1.54) is 13.3 Å². The first-order valence-electron chi connectivity index (χ1n) is 12.1. The fourth-order valence-corrected chi connectivity index (χ4v) is 4.58. The number of hydrazone groups is 1. The van der Waals surface area contributed by atoms with Gasteiger partial charge in [-0.3, -0.25) is 9.59 Å². The Balaban J connectivity index is 1.27. The van der Waals surface area contributed by atoms with Crippen LogP contribution in [-0.2, 0) is 9.59 Å². The molecule has 0 unspecified atom stereocenters. The van der Waals surface area contributed by atoms with Crippen molar-refractivity contribution in [3.63, 3.8) is 0 Å². The SMILES string of the molecule is COc1cc(C=NNC(=O)[C@H]2C(=O)NC[C@@H]2c2ccccc2)ccc1OC(=O)c1cccc2ccccc12. The molecule has 2 N–H and O–H groups in total. The Labute approximate surface area is 219 Å². The van der Waals surface area contributed by atoms with Crippen molar-refractivity contribution in [2.75, 3.05) is 13.7 Å². The van der Waals surface area contributed by atoms with Crippen LogP contribution in [0.25, 0.3) is 10.8 Å². The highest BCUT2D eigenvalue weighted by Gasteiger charge is 2.40. The zero-order valence-electron chi connectivity index (χ0n) is 20.6. The normalized spacial score (nSPS) is 16.8. The molecule has 1 heterocycles. The van der Waals surface area contributed by atoms with E-state index in [9.17, 15) is 14.4 Å². The molecule has 0 aromatic heterocycles. The minimum absolute atomic E-state index is 0.250. The first kappa shape index (κ1) is 24.7. The number of rotatable bonds is 7. The summed E-state index contributed by atoms with van der Waals surface area (Å²) in [4.78, 5) is 38.0. The second-order valence-electron chi connectivity index (χ2n) is 8.80. The Hall–Kier alpha value is -4.98. The minimum Gasteiger partial charge on any atom is -0.493 e. The molecule has 1 aliphatic rings. The van der Waals surface area contributed by atoms with Crippen LogP contribution in [0.4, 0.5) is 0 Å². The molecule has 0 aliphatic carbocycles. The number of methoxy groups -OCH3 is 1. The Morgan fingerprint density at radius 3 is 2.53 bits per heavy atom. The molecule has 38 heavy (non-hydrogen) atoms. The van der Waals surface area contributed by atoms with E-state index in [-0.39, 0.29) is 17.6 Å². The van der Waals surface area contributed by atoms with Gasteiger partial charge in [-0.15, -0.1) is 0 Å². The quantitative estimate of drug-likeness (QED) is 0.129. The molecule has 1 fully saturated rings. The molecule has 0 bridgehead atoms. The van der Waals surface area contributed by atoms with Crippen molar-refractivity contribution in [2.45, 2.75) is 5.92 Å². The van der Waals surface area contributed by atoms with Gasteiger partial charge in [0.05, 0.1) is 18.9 Å². The number of ether oxygens (including phenoxy) is 2. The topological polar surface area (TPSA) is 106 Å². The molecule has 4 aromatic rings. The van der Waals surface area contributed by atoms with E-state index in [0.717, 1.165) is 16.3 Å². The van der Waals surface area contributed by atoms with Crippen LogP contribution in [0.5, 0.6) is 11.5 Å². The molecule has 4 aromatic carbocycles. The van der Waals surface area contributed by atoms with Crippen LogP contribution in [0.2, 0.25) is 0 Å². The fraction of sp³-hybridized carbons (Fsp3) is 0.133. The molecule has 5 rings (SSSR count). The molecular formula is C30H25N3O5. The van der Waals surface area contributed by atoms with Gasteiger partial charge >= 0.3 is 5.97 Å². The zero-order valence-corrected chi connectivity index (χ0v) is 20.6. The molecule has 2 atom stereocenters. The third-order valence-corrected chi connectivity index (χ3v) is 6.48. The van der Waals surface area contributed by atoms with Gasteiger partial charge in [-0.2, -0.15) is 5.10 Å². The average molecular weight is 508 g/mol. The molecule has 8 nitrogen and oxygen atoms in total. The molecule has 0 saturated carbocycles. The summed E-state index contributed by atoms with van der Waals surface area (Å²) in [5.41, 5.74) is 4.43. The molecular weight excluding hydrogens is 482 g/mol. The van der Waals surface area contributed by atoms with E-state index in [2.05, 4.69) is 15.8 Å². The largest absolute Gasteiger partial charge is 0.493 e. The number of esters is 1. The predicted molar refractivity (Wildman–Crippen MR) is 143 cm³/mol. The van der Waals surface area contributed by atoms with Crippen molar-refractivity contribution in [1.29, 1.82) is 0 Å². The van der Waals surface area contributed by atoms with Gasteiger partial charge < -0.3 is 14.8 Å².